The summed E-state index contributed by atoms with van der Waals surface area (Å²) in [5.41, 5.74) is 0.185. The highest BCUT2D eigenvalue weighted by Crippen LogP contribution is 2.26. The van der Waals surface area contributed by atoms with Crippen molar-refractivity contribution in [2.45, 2.75) is 25.9 Å². The van der Waals surface area contributed by atoms with E-state index in [1.165, 1.54) is 12.3 Å². The van der Waals surface area contributed by atoms with Gasteiger partial charge in [0.25, 0.3) is 0 Å². The van der Waals surface area contributed by atoms with E-state index in [1.54, 1.807) is 7.11 Å². The molecule has 0 bridgehead atoms. The van der Waals surface area contributed by atoms with Crippen molar-refractivity contribution < 1.29 is 19.1 Å². The number of hydrogen-bond donors (Lipinski definition) is 1. The maximum absolute atomic E-state index is 10.8. The number of furan rings is 1. The largest absolute Gasteiger partial charge is 0.478 e. The second-order valence-electron chi connectivity index (χ2n) is 3.02. The lowest BCUT2D eigenvalue weighted by Gasteiger charge is -2.12. The molecular formula is C10H14O4. The monoisotopic (exact) mass is 198 g/mol. The lowest BCUT2D eigenvalue weighted by molar-refractivity contribution is 0.0629. The van der Waals surface area contributed by atoms with Gasteiger partial charge in [-0.05, 0) is 12.5 Å². The Morgan fingerprint density at radius 2 is 2.43 bits per heavy atom. The summed E-state index contributed by atoms with van der Waals surface area (Å²) in [6.45, 7) is 2.01. The van der Waals surface area contributed by atoms with Gasteiger partial charge < -0.3 is 14.3 Å². The van der Waals surface area contributed by atoms with Crippen LogP contribution >= 0.6 is 0 Å². The van der Waals surface area contributed by atoms with Crippen LogP contribution in [0.15, 0.2) is 16.7 Å². The number of aromatic carboxylic acids is 1. The zero-order valence-corrected chi connectivity index (χ0v) is 8.32. The third-order valence-corrected chi connectivity index (χ3v) is 2.05. The topological polar surface area (TPSA) is 59.7 Å². The van der Waals surface area contributed by atoms with Gasteiger partial charge in [-0.25, -0.2) is 4.79 Å². The number of carboxylic acid groups (broad SMARTS) is 1. The van der Waals surface area contributed by atoms with Gasteiger partial charge in [0.05, 0.1) is 6.26 Å². The van der Waals surface area contributed by atoms with E-state index < -0.39 is 5.97 Å². The highest BCUT2D eigenvalue weighted by molar-refractivity contribution is 5.88. The van der Waals surface area contributed by atoms with Crippen LogP contribution in [0.2, 0.25) is 0 Å². The molecule has 78 valence electrons. The van der Waals surface area contributed by atoms with Crippen molar-refractivity contribution in [1.82, 2.24) is 0 Å². The molecule has 0 saturated heterocycles. The predicted molar refractivity (Wildman–Crippen MR) is 50.3 cm³/mol. The lowest BCUT2D eigenvalue weighted by atomic mass is 10.1. The third-order valence-electron chi connectivity index (χ3n) is 2.05. The first-order chi connectivity index (χ1) is 6.70. The molecule has 0 radical (unpaired) electrons. The molecule has 0 saturated carbocycles. The second kappa shape index (κ2) is 4.81. The molecular weight excluding hydrogens is 184 g/mol. The minimum Gasteiger partial charge on any atom is -0.478 e. The van der Waals surface area contributed by atoms with Crippen molar-refractivity contribution in [3.8, 4) is 0 Å². The van der Waals surface area contributed by atoms with Crippen LogP contribution in [0.25, 0.3) is 0 Å². The fourth-order valence-corrected chi connectivity index (χ4v) is 1.37. The SMILES string of the molecule is CCCC(OC)c1occc1C(=O)O. The van der Waals surface area contributed by atoms with E-state index in [4.69, 9.17) is 14.3 Å². The molecule has 0 aliphatic heterocycles. The molecule has 0 amide bonds. The summed E-state index contributed by atoms with van der Waals surface area (Å²) >= 11 is 0. The molecule has 0 aliphatic rings. The van der Waals surface area contributed by atoms with Gasteiger partial charge in [0, 0.05) is 7.11 Å². The Labute approximate surface area is 82.5 Å². The zero-order chi connectivity index (χ0) is 10.6. The number of ether oxygens (including phenoxy) is 1. The standard InChI is InChI=1S/C10H14O4/c1-3-4-8(13-2)9-7(10(11)12)5-6-14-9/h5-6,8H,3-4H2,1-2H3,(H,11,12). The van der Waals surface area contributed by atoms with Crippen molar-refractivity contribution >= 4 is 5.97 Å². The summed E-state index contributed by atoms with van der Waals surface area (Å²) in [6.07, 6.45) is 2.78. The quantitative estimate of drug-likeness (QED) is 0.789. The van der Waals surface area contributed by atoms with Crippen LogP contribution < -0.4 is 0 Å². The normalized spacial score (nSPS) is 12.7. The Morgan fingerprint density at radius 1 is 1.71 bits per heavy atom. The van der Waals surface area contributed by atoms with E-state index in [0.717, 1.165) is 12.8 Å². The molecule has 1 atom stereocenters. The van der Waals surface area contributed by atoms with Crippen molar-refractivity contribution in [3.05, 3.63) is 23.7 Å². The van der Waals surface area contributed by atoms with Crippen LogP contribution in [-0.4, -0.2) is 18.2 Å². The highest BCUT2D eigenvalue weighted by atomic mass is 16.5. The minimum absolute atomic E-state index is 0.185. The third kappa shape index (κ3) is 2.14. The average Bonchev–Trinajstić information content (AvgIpc) is 2.62. The maximum atomic E-state index is 10.8. The molecule has 1 unspecified atom stereocenters. The van der Waals surface area contributed by atoms with Gasteiger partial charge in [0.2, 0.25) is 0 Å². The molecule has 1 N–H and O–H groups in total. The van der Waals surface area contributed by atoms with Crippen LogP contribution in [0, 0.1) is 0 Å². The van der Waals surface area contributed by atoms with Gasteiger partial charge in [-0.15, -0.1) is 0 Å². The molecule has 0 spiro atoms. The fraction of sp³-hybridized carbons (Fsp3) is 0.500. The Morgan fingerprint density at radius 3 is 2.93 bits per heavy atom. The van der Waals surface area contributed by atoms with Gasteiger partial charge in [0.15, 0.2) is 0 Å². The van der Waals surface area contributed by atoms with Crippen molar-refractivity contribution in [2.24, 2.45) is 0 Å². The molecule has 0 aromatic carbocycles. The number of methoxy groups -OCH3 is 1. The summed E-state index contributed by atoms with van der Waals surface area (Å²) in [6, 6.07) is 1.44. The second-order valence-corrected chi connectivity index (χ2v) is 3.02. The van der Waals surface area contributed by atoms with Crippen molar-refractivity contribution in [2.75, 3.05) is 7.11 Å². The molecule has 14 heavy (non-hydrogen) atoms. The summed E-state index contributed by atoms with van der Waals surface area (Å²) < 4.78 is 10.3. The van der Waals surface area contributed by atoms with Crippen LogP contribution in [0.3, 0.4) is 0 Å². The van der Waals surface area contributed by atoms with Gasteiger partial charge in [0.1, 0.15) is 17.4 Å². The van der Waals surface area contributed by atoms with E-state index >= 15 is 0 Å². The van der Waals surface area contributed by atoms with Crippen LogP contribution in [0.1, 0.15) is 42.0 Å². The van der Waals surface area contributed by atoms with Crippen molar-refractivity contribution in [3.63, 3.8) is 0 Å². The molecule has 1 aromatic heterocycles. The molecule has 1 heterocycles. The zero-order valence-electron chi connectivity index (χ0n) is 8.32. The molecule has 0 aliphatic carbocycles. The first-order valence-corrected chi connectivity index (χ1v) is 4.54. The summed E-state index contributed by atoms with van der Waals surface area (Å²) in [5.74, 6) is -0.575. The first-order valence-electron chi connectivity index (χ1n) is 4.54. The maximum Gasteiger partial charge on any atom is 0.339 e. The number of carboxylic acids is 1. The summed E-state index contributed by atoms with van der Waals surface area (Å²) in [5, 5.41) is 8.85. The van der Waals surface area contributed by atoms with E-state index in [9.17, 15) is 4.79 Å². The number of carbonyl (C=O) groups is 1. The minimum atomic E-state index is -0.980. The van der Waals surface area contributed by atoms with E-state index in [0.29, 0.717) is 5.76 Å². The average molecular weight is 198 g/mol. The first kappa shape index (κ1) is 10.8. The van der Waals surface area contributed by atoms with E-state index in [2.05, 4.69) is 0 Å². The van der Waals surface area contributed by atoms with Gasteiger partial charge in [-0.3, -0.25) is 0 Å². The number of rotatable bonds is 5. The van der Waals surface area contributed by atoms with Crippen LogP contribution in [-0.2, 0) is 4.74 Å². The van der Waals surface area contributed by atoms with Gasteiger partial charge >= 0.3 is 5.97 Å². The Kier molecular flexibility index (Phi) is 3.71. The van der Waals surface area contributed by atoms with Crippen LogP contribution in [0.5, 0.6) is 0 Å². The molecule has 1 aromatic rings. The highest BCUT2D eigenvalue weighted by Gasteiger charge is 2.21. The fourth-order valence-electron chi connectivity index (χ4n) is 1.37. The van der Waals surface area contributed by atoms with Gasteiger partial charge in [-0.2, -0.15) is 0 Å². The molecule has 4 heteroatoms. The van der Waals surface area contributed by atoms with Crippen molar-refractivity contribution in [1.29, 1.82) is 0 Å². The Balaban J connectivity index is 2.91. The lowest BCUT2D eigenvalue weighted by Crippen LogP contribution is -2.06. The Bertz CT molecular complexity index is 303. The van der Waals surface area contributed by atoms with E-state index in [-0.39, 0.29) is 11.7 Å². The number of hydrogen-bond acceptors (Lipinski definition) is 3. The molecule has 0 fully saturated rings. The summed E-state index contributed by atoms with van der Waals surface area (Å²) in [7, 11) is 1.55. The molecule has 4 nitrogen and oxygen atoms in total. The van der Waals surface area contributed by atoms with Crippen LogP contribution in [0.4, 0.5) is 0 Å². The smallest absolute Gasteiger partial charge is 0.339 e. The predicted octanol–water partition coefficient (Wildman–Crippen LogP) is 2.47. The summed E-state index contributed by atoms with van der Waals surface area (Å²) in [4.78, 5) is 10.8. The van der Waals surface area contributed by atoms with Gasteiger partial charge in [-0.1, -0.05) is 13.3 Å². The molecule has 1 rings (SSSR count). The Hall–Kier alpha value is -1.29. The van der Waals surface area contributed by atoms with E-state index in [1.807, 2.05) is 6.92 Å².